The fraction of sp³-hybridized carbons (Fsp3) is 0.840. The second-order valence-corrected chi connectivity index (χ2v) is 16.5. The van der Waals surface area contributed by atoms with Crippen molar-refractivity contribution in [2.75, 3.05) is 6.61 Å². The molecule has 0 aromatic heterocycles. The van der Waals surface area contributed by atoms with Gasteiger partial charge in [0, 0.05) is 6.42 Å². The average molecular weight is 788 g/mol. The highest BCUT2D eigenvalue weighted by Gasteiger charge is 2.23. The number of carbonyl (C=O) groups is 2. The maximum absolute atomic E-state index is 13.1. The lowest BCUT2D eigenvalue weighted by molar-refractivity contribution is -0.148. The molecule has 0 saturated carbocycles. The van der Waals surface area contributed by atoms with Crippen molar-refractivity contribution in [3.63, 3.8) is 0 Å². The molecule has 3 N–H and O–H groups in total. The molecule has 0 aromatic rings. The van der Waals surface area contributed by atoms with E-state index in [1.54, 1.807) is 0 Å². The number of hydrogen-bond donors (Lipinski definition) is 3. The smallest absolute Gasteiger partial charge is 0.306 e. The fourth-order valence-corrected chi connectivity index (χ4v) is 7.21. The van der Waals surface area contributed by atoms with Gasteiger partial charge in [0.05, 0.1) is 25.2 Å². The molecule has 0 aliphatic heterocycles. The van der Waals surface area contributed by atoms with Crippen LogP contribution in [-0.4, -0.2) is 46.9 Å². The van der Waals surface area contributed by atoms with Gasteiger partial charge in [0.15, 0.2) is 0 Å². The first-order valence-electron chi connectivity index (χ1n) is 24.2. The van der Waals surface area contributed by atoms with E-state index in [0.29, 0.717) is 12.8 Å². The summed E-state index contributed by atoms with van der Waals surface area (Å²) in [5, 5.41) is 23.5. The van der Waals surface area contributed by atoms with Crippen LogP contribution in [0.4, 0.5) is 0 Å². The van der Waals surface area contributed by atoms with Crippen molar-refractivity contribution in [1.29, 1.82) is 0 Å². The molecule has 0 fully saturated rings. The van der Waals surface area contributed by atoms with Gasteiger partial charge in [-0.3, -0.25) is 9.59 Å². The topological polar surface area (TPSA) is 95.9 Å². The minimum absolute atomic E-state index is 0.0286. The van der Waals surface area contributed by atoms with E-state index in [1.165, 1.54) is 154 Å². The van der Waals surface area contributed by atoms with Crippen LogP contribution < -0.4 is 5.32 Å². The molecule has 0 radical (unpaired) electrons. The molecule has 6 heteroatoms. The maximum Gasteiger partial charge on any atom is 0.306 e. The van der Waals surface area contributed by atoms with Gasteiger partial charge >= 0.3 is 5.97 Å². The van der Waals surface area contributed by atoms with Crippen LogP contribution in [0.15, 0.2) is 36.5 Å². The van der Waals surface area contributed by atoms with Gasteiger partial charge in [-0.25, -0.2) is 0 Å². The summed E-state index contributed by atoms with van der Waals surface area (Å²) in [5.41, 5.74) is 0. The number of ether oxygens (including phenoxy) is 1. The zero-order chi connectivity index (χ0) is 41.0. The molecule has 3 atom stereocenters. The number of amides is 1. The Morgan fingerprint density at radius 3 is 1.41 bits per heavy atom. The van der Waals surface area contributed by atoms with Crippen molar-refractivity contribution in [3.8, 4) is 0 Å². The third kappa shape index (κ3) is 38.9. The van der Waals surface area contributed by atoms with E-state index < -0.39 is 18.2 Å². The molecular formula is C50H93NO5. The highest BCUT2D eigenvalue weighted by atomic mass is 16.5. The average Bonchev–Trinajstić information content (AvgIpc) is 3.19. The second kappa shape index (κ2) is 44.2. The molecule has 1 amide bonds. The Labute approximate surface area is 347 Å². The van der Waals surface area contributed by atoms with E-state index in [9.17, 15) is 19.8 Å². The lowest BCUT2D eigenvalue weighted by Crippen LogP contribution is -2.46. The molecule has 0 aliphatic carbocycles. The van der Waals surface area contributed by atoms with Crippen LogP contribution in [0.2, 0.25) is 0 Å². The summed E-state index contributed by atoms with van der Waals surface area (Å²) in [5.74, 6) is -0.604. The molecule has 0 saturated heterocycles. The summed E-state index contributed by atoms with van der Waals surface area (Å²) in [4.78, 5) is 25.9. The van der Waals surface area contributed by atoms with Crippen LogP contribution in [0.25, 0.3) is 0 Å². The predicted octanol–water partition coefficient (Wildman–Crippen LogP) is 14.1. The Morgan fingerprint density at radius 2 is 0.946 bits per heavy atom. The van der Waals surface area contributed by atoms with Gasteiger partial charge in [0.2, 0.25) is 5.91 Å². The van der Waals surface area contributed by atoms with Gasteiger partial charge in [-0.1, -0.05) is 205 Å². The SMILES string of the molecule is CCCCCCCC/C=C\C/C=C/C(CC(=O)NC(CO)C(O)CCCCCCCCCCC)OC(=O)CCCCCCCCC/C=C/CCCCCCCC. The van der Waals surface area contributed by atoms with Crippen molar-refractivity contribution < 1.29 is 24.5 Å². The maximum atomic E-state index is 13.1. The van der Waals surface area contributed by atoms with Crippen LogP contribution in [-0.2, 0) is 14.3 Å². The van der Waals surface area contributed by atoms with Crippen LogP contribution in [0.1, 0.15) is 245 Å². The minimum atomic E-state index is -0.807. The van der Waals surface area contributed by atoms with Crippen LogP contribution in [0, 0.1) is 0 Å². The lowest BCUT2D eigenvalue weighted by Gasteiger charge is -2.23. The molecule has 0 spiro atoms. The Bertz CT molecular complexity index is 930. The van der Waals surface area contributed by atoms with E-state index in [4.69, 9.17) is 4.74 Å². The van der Waals surface area contributed by atoms with Crippen LogP contribution in [0.5, 0.6) is 0 Å². The van der Waals surface area contributed by atoms with Gasteiger partial charge in [0.1, 0.15) is 6.10 Å². The Morgan fingerprint density at radius 1 is 0.536 bits per heavy atom. The number of hydrogen-bond acceptors (Lipinski definition) is 5. The van der Waals surface area contributed by atoms with Gasteiger partial charge in [-0.05, 0) is 63.9 Å². The summed E-state index contributed by atoms with van der Waals surface area (Å²) in [7, 11) is 0. The van der Waals surface area contributed by atoms with E-state index in [0.717, 1.165) is 51.4 Å². The van der Waals surface area contributed by atoms with Crippen molar-refractivity contribution in [3.05, 3.63) is 36.5 Å². The molecule has 56 heavy (non-hydrogen) atoms. The molecule has 0 rings (SSSR count). The Balaban J connectivity index is 4.59. The van der Waals surface area contributed by atoms with E-state index in [-0.39, 0.29) is 24.9 Å². The molecule has 0 bridgehead atoms. The summed E-state index contributed by atoms with van der Waals surface area (Å²) in [6.07, 6.45) is 51.0. The molecule has 6 nitrogen and oxygen atoms in total. The number of unbranched alkanes of at least 4 members (excludes halogenated alkanes) is 27. The number of carbonyl (C=O) groups excluding carboxylic acids is 2. The van der Waals surface area contributed by atoms with Gasteiger partial charge in [-0.2, -0.15) is 0 Å². The first-order chi connectivity index (χ1) is 27.5. The van der Waals surface area contributed by atoms with Crippen LogP contribution in [0.3, 0.4) is 0 Å². The highest BCUT2D eigenvalue weighted by molar-refractivity contribution is 5.78. The van der Waals surface area contributed by atoms with E-state index >= 15 is 0 Å². The zero-order valence-electron chi connectivity index (χ0n) is 37.3. The summed E-state index contributed by atoms with van der Waals surface area (Å²) < 4.78 is 5.81. The quantitative estimate of drug-likeness (QED) is 0.0325. The highest BCUT2D eigenvalue weighted by Crippen LogP contribution is 2.15. The summed E-state index contributed by atoms with van der Waals surface area (Å²) in [6, 6.07) is -0.729. The van der Waals surface area contributed by atoms with E-state index in [2.05, 4.69) is 50.4 Å². The molecule has 0 aromatic carbocycles. The van der Waals surface area contributed by atoms with Crippen molar-refractivity contribution in [1.82, 2.24) is 5.32 Å². The lowest BCUT2D eigenvalue weighted by atomic mass is 10.0. The van der Waals surface area contributed by atoms with Crippen molar-refractivity contribution in [2.45, 2.75) is 264 Å². The fourth-order valence-electron chi connectivity index (χ4n) is 7.21. The number of nitrogens with one attached hydrogen (secondary N) is 1. The normalized spacial score (nSPS) is 13.6. The minimum Gasteiger partial charge on any atom is -0.458 e. The van der Waals surface area contributed by atoms with Crippen LogP contribution >= 0.6 is 0 Å². The summed E-state index contributed by atoms with van der Waals surface area (Å²) in [6.45, 7) is 6.41. The number of aliphatic hydroxyl groups excluding tert-OH is 2. The standard InChI is InChI=1S/C50H93NO5/c1-4-7-10-13-16-19-21-22-23-24-25-26-28-31-34-37-40-43-50(55)56-46(41-38-35-32-30-27-20-17-14-11-8-5-2)44-49(54)51-47(45-52)48(53)42-39-36-33-29-18-15-12-9-6-3/h22-23,30,32,38,41,46-48,52-53H,4-21,24-29,31,33-37,39-40,42-45H2,1-3H3,(H,51,54)/b23-22+,32-30-,41-38+. The number of allylic oxidation sites excluding steroid dienone is 5. The first kappa shape index (κ1) is 54.1. The van der Waals surface area contributed by atoms with Gasteiger partial charge < -0.3 is 20.3 Å². The van der Waals surface area contributed by atoms with Crippen molar-refractivity contribution in [2.24, 2.45) is 0 Å². The van der Waals surface area contributed by atoms with Gasteiger partial charge in [-0.15, -0.1) is 0 Å². The Hall–Kier alpha value is -1.92. The number of esters is 1. The van der Waals surface area contributed by atoms with Gasteiger partial charge in [0.25, 0.3) is 0 Å². The predicted molar refractivity (Wildman–Crippen MR) is 241 cm³/mol. The largest absolute Gasteiger partial charge is 0.458 e. The number of aliphatic hydroxyl groups is 2. The van der Waals surface area contributed by atoms with Crippen molar-refractivity contribution >= 4 is 11.9 Å². The number of rotatable bonds is 43. The second-order valence-electron chi connectivity index (χ2n) is 16.5. The zero-order valence-corrected chi connectivity index (χ0v) is 37.3. The van der Waals surface area contributed by atoms with E-state index in [1.807, 2.05) is 12.2 Å². The third-order valence-corrected chi connectivity index (χ3v) is 10.9. The molecule has 328 valence electrons. The Kier molecular flexibility index (Phi) is 42.7. The first-order valence-corrected chi connectivity index (χ1v) is 24.2. The molecule has 0 heterocycles. The molecule has 3 unspecified atom stereocenters. The molecule has 0 aliphatic rings. The monoisotopic (exact) mass is 788 g/mol. The third-order valence-electron chi connectivity index (χ3n) is 10.9. The summed E-state index contributed by atoms with van der Waals surface area (Å²) >= 11 is 0. The molecular weight excluding hydrogens is 695 g/mol.